The first-order valence-corrected chi connectivity index (χ1v) is 8.02. The van der Waals surface area contributed by atoms with E-state index in [1.54, 1.807) is 18.2 Å². The molecule has 0 saturated heterocycles. The highest BCUT2D eigenvalue weighted by atomic mass is 19.1. The molecule has 0 heterocycles. The molecule has 1 saturated carbocycles. The Bertz CT molecular complexity index is 733. The quantitative estimate of drug-likeness (QED) is 0.857. The van der Waals surface area contributed by atoms with Crippen LogP contribution in [0.1, 0.15) is 12.0 Å². The van der Waals surface area contributed by atoms with Gasteiger partial charge in [-0.1, -0.05) is 36.4 Å². The second kappa shape index (κ2) is 7.25. The fourth-order valence-electron chi connectivity index (χ4n) is 2.68. The van der Waals surface area contributed by atoms with E-state index in [9.17, 15) is 14.0 Å². The van der Waals surface area contributed by atoms with Crippen molar-refractivity contribution in [3.8, 4) is 0 Å². The highest BCUT2D eigenvalue weighted by Crippen LogP contribution is 2.39. The lowest BCUT2D eigenvalue weighted by Crippen LogP contribution is -2.29. The van der Waals surface area contributed by atoms with Crippen LogP contribution in [0.4, 0.5) is 10.1 Å². The summed E-state index contributed by atoms with van der Waals surface area (Å²) < 4.78 is 13.5. The molecule has 2 amide bonds. The van der Waals surface area contributed by atoms with Gasteiger partial charge in [-0.05, 0) is 36.6 Å². The molecule has 2 unspecified atom stereocenters. The van der Waals surface area contributed by atoms with Gasteiger partial charge in [-0.25, -0.2) is 4.39 Å². The zero-order valence-corrected chi connectivity index (χ0v) is 13.2. The molecule has 5 heteroatoms. The fourth-order valence-corrected chi connectivity index (χ4v) is 2.68. The summed E-state index contributed by atoms with van der Waals surface area (Å²) in [5.74, 6) is -1.10. The number of carbonyl (C=O) groups is 2. The first-order valence-electron chi connectivity index (χ1n) is 8.02. The van der Waals surface area contributed by atoms with E-state index >= 15 is 0 Å². The van der Waals surface area contributed by atoms with Crippen molar-refractivity contribution in [1.29, 1.82) is 0 Å². The maximum Gasteiger partial charge on any atom is 0.228 e. The summed E-state index contributed by atoms with van der Waals surface area (Å²) in [5, 5.41) is 5.59. The first-order chi connectivity index (χ1) is 11.6. The summed E-state index contributed by atoms with van der Waals surface area (Å²) >= 11 is 0. The summed E-state index contributed by atoms with van der Waals surface area (Å²) in [6.07, 6.45) is 0.996. The van der Waals surface area contributed by atoms with Crippen LogP contribution in [0, 0.1) is 17.7 Å². The average molecular weight is 326 g/mol. The number of carbonyl (C=O) groups excluding carboxylic acids is 2. The van der Waals surface area contributed by atoms with Crippen LogP contribution >= 0.6 is 0 Å². The molecule has 4 nitrogen and oxygen atoms in total. The van der Waals surface area contributed by atoms with Crippen molar-refractivity contribution in [3.05, 3.63) is 66.0 Å². The van der Waals surface area contributed by atoms with Crippen molar-refractivity contribution in [2.45, 2.75) is 12.8 Å². The molecule has 3 rings (SSSR count). The Morgan fingerprint density at radius 1 is 0.958 bits per heavy atom. The highest BCUT2D eigenvalue weighted by molar-refractivity contribution is 5.99. The lowest BCUT2D eigenvalue weighted by molar-refractivity contribution is -0.125. The molecule has 24 heavy (non-hydrogen) atoms. The molecule has 0 radical (unpaired) electrons. The van der Waals surface area contributed by atoms with Crippen LogP contribution in [0.15, 0.2) is 54.6 Å². The predicted molar refractivity (Wildman–Crippen MR) is 89.8 cm³/mol. The van der Waals surface area contributed by atoms with Crippen molar-refractivity contribution in [2.24, 2.45) is 11.8 Å². The van der Waals surface area contributed by atoms with Gasteiger partial charge in [0.15, 0.2) is 0 Å². The minimum absolute atomic E-state index is 0.129. The number of nitrogens with one attached hydrogen (secondary N) is 2. The van der Waals surface area contributed by atoms with Crippen LogP contribution in [0.25, 0.3) is 0 Å². The highest BCUT2D eigenvalue weighted by Gasteiger charge is 2.47. The van der Waals surface area contributed by atoms with Gasteiger partial charge in [-0.2, -0.15) is 0 Å². The Morgan fingerprint density at radius 2 is 1.62 bits per heavy atom. The van der Waals surface area contributed by atoms with Crippen LogP contribution in [0.5, 0.6) is 0 Å². The number of para-hydroxylation sites is 1. The molecule has 1 aliphatic carbocycles. The van der Waals surface area contributed by atoms with Crippen LogP contribution in [-0.2, 0) is 16.0 Å². The minimum Gasteiger partial charge on any atom is -0.356 e. The first kappa shape index (κ1) is 16.2. The normalized spacial score (nSPS) is 18.7. The maximum absolute atomic E-state index is 13.5. The number of anilines is 1. The van der Waals surface area contributed by atoms with Crippen molar-refractivity contribution < 1.29 is 14.0 Å². The molecule has 2 aromatic carbocycles. The van der Waals surface area contributed by atoms with Gasteiger partial charge in [0.25, 0.3) is 0 Å². The molecule has 0 bridgehead atoms. The molecule has 2 N–H and O–H groups in total. The molecule has 2 atom stereocenters. The molecule has 124 valence electrons. The van der Waals surface area contributed by atoms with Gasteiger partial charge in [-0.15, -0.1) is 0 Å². The molecule has 0 aliphatic heterocycles. The molecule has 0 spiro atoms. The lowest BCUT2D eigenvalue weighted by Gasteiger charge is -2.07. The third-order valence-corrected chi connectivity index (χ3v) is 4.16. The van der Waals surface area contributed by atoms with Crippen molar-refractivity contribution in [2.75, 3.05) is 11.9 Å². The van der Waals surface area contributed by atoms with E-state index in [1.807, 2.05) is 30.3 Å². The van der Waals surface area contributed by atoms with E-state index in [0.717, 1.165) is 5.69 Å². The summed E-state index contributed by atoms with van der Waals surface area (Å²) in [7, 11) is 0. The van der Waals surface area contributed by atoms with Crippen LogP contribution in [-0.4, -0.2) is 18.4 Å². The van der Waals surface area contributed by atoms with Gasteiger partial charge >= 0.3 is 0 Å². The summed E-state index contributed by atoms with van der Waals surface area (Å²) in [5.41, 5.74) is 1.31. The molecular formula is C19H19FN2O2. The number of halogens is 1. The zero-order valence-electron chi connectivity index (χ0n) is 13.2. The van der Waals surface area contributed by atoms with Crippen LogP contribution in [0.2, 0.25) is 0 Å². The predicted octanol–water partition coefficient (Wildman–Crippen LogP) is 2.76. The van der Waals surface area contributed by atoms with Gasteiger partial charge in [0.2, 0.25) is 11.8 Å². The maximum atomic E-state index is 13.5. The smallest absolute Gasteiger partial charge is 0.228 e. The topological polar surface area (TPSA) is 58.2 Å². The minimum atomic E-state index is -0.283. The van der Waals surface area contributed by atoms with Crippen LogP contribution in [0.3, 0.4) is 0 Å². The number of benzene rings is 2. The largest absolute Gasteiger partial charge is 0.356 e. The summed E-state index contributed by atoms with van der Waals surface area (Å²) in [6.45, 7) is 0.364. The number of amides is 2. The Hall–Kier alpha value is -2.69. The van der Waals surface area contributed by atoms with Gasteiger partial charge in [0.05, 0.1) is 11.8 Å². The molecule has 2 aromatic rings. The van der Waals surface area contributed by atoms with Gasteiger partial charge in [0, 0.05) is 12.2 Å². The van der Waals surface area contributed by atoms with E-state index < -0.39 is 0 Å². The standard InChI is InChI=1S/C19H19FN2O2/c20-17-9-5-4-6-13(17)10-11-21-18(23)15-12-16(15)19(24)22-14-7-2-1-3-8-14/h1-9,15-16H,10-12H2,(H,21,23)(H,22,24). The SMILES string of the molecule is O=C(NCCc1ccccc1F)C1CC1C(=O)Nc1ccccc1. The molecular weight excluding hydrogens is 307 g/mol. The van der Waals surface area contributed by atoms with Crippen molar-refractivity contribution >= 4 is 17.5 Å². The zero-order chi connectivity index (χ0) is 16.9. The molecule has 0 aromatic heterocycles. The van der Waals surface area contributed by atoms with Gasteiger partial charge < -0.3 is 10.6 Å². The summed E-state index contributed by atoms with van der Waals surface area (Å²) in [4.78, 5) is 24.2. The lowest BCUT2D eigenvalue weighted by atomic mass is 10.1. The Balaban J connectivity index is 1.42. The van der Waals surface area contributed by atoms with Gasteiger partial charge in [0.1, 0.15) is 5.82 Å². The second-order valence-electron chi connectivity index (χ2n) is 5.94. The number of rotatable bonds is 6. The van der Waals surface area contributed by atoms with Crippen molar-refractivity contribution in [1.82, 2.24) is 5.32 Å². The molecule has 1 fully saturated rings. The summed E-state index contributed by atoms with van der Waals surface area (Å²) in [6, 6.07) is 15.7. The number of hydrogen-bond donors (Lipinski definition) is 2. The van der Waals surface area contributed by atoms with E-state index in [-0.39, 0.29) is 29.5 Å². The Labute approximate surface area is 140 Å². The number of hydrogen-bond acceptors (Lipinski definition) is 2. The van der Waals surface area contributed by atoms with Crippen molar-refractivity contribution in [3.63, 3.8) is 0 Å². The van der Waals surface area contributed by atoms with Crippen LogP contribution < -0.4 is 10.6 Å². The second-order valence-corrected chi connectivity index (χ2v) is 5.94. The average Bonchev–Trinajstić information content (AvgIpc) is 3.38. The van der Waals surface area contributed by atoms with Gasteiger partial charge in [-0.3, -0.25) is 9.59 Å². The molecule has 1 aliphatic rings. The Morgan fingerprint density at radius 3 is 2.38 bits per heavy atom. The fraction of sp³-hybridized carbons (Fsp3) is 0.263. The monoisotopic (exact) mass is 326 g/mol. The third-order valence-electron chi connectivity index (χ3n) is 4.16. The third kappa shape index (κ3) is 3.98. The Kier molecular flexibility index (Phi) is 4.89. The van der Waals surface area contributed by atoms with E-state index in [4.69, 9.17) is 0 Å². The van der Waals surface area contributed by atoms with E-state index in [1.165, 1.54) is 6.07 Å². The van der Waals surface area contributed by atoms with E-state index in [2.05, 4.69) is 10.6 Å². The van der Waals surface area contributed by atoms with E-state index in [0.29, 0.717) is 24.9 Å².